The molecule has 0 amide bonds. The van der Waals surface area contributed by atoms with Crippen molar-refractivity contribution in [2.75, 3.05) is 32.7 Å². The summed E-state index contributed by atoms with van der Waals surface area (Å²) in [6.07, 6.45) is 6.02. The number of rotatable bonds is 4. The minimum Gasteiger partial charge on any atom is -0.374 e. The van der Waals surface area contributed by atoms with Gasteiger partial charge in [0, 0.05) is 38.3 Å². The van der Waals surface area contributed by atoms with Crippen molar-refractivity contribution in [2.24, 2.45) is 5.41 Å². The predicted octanol–water partition coefficient (Wildman–Crippen LogP) is 3.78. The zero-order chi connectivity index (χ0) is 16.4. The maximum absolute atomic E-state index is 6.30. The molecular weight excluding hydrogens is 272 g/mol. The Labute approximate surface area is 138 Å². The van der Waals surface area contributed by atoms with E-state index in [1.54, 1.807) is 0 Å². The molecule has 22 heavy (non-hydrogen) atoms. The van der Waals surface area contributed by atoms with Crippen LogP contribution in [0.15, 0.2) is 0 Å². The fraction of sp³-hybridized carbons (Fsp3) is 1.00. The van der Waals surface area contributed by atoms with Crippen molar-refractivity contribution in [1.82, 2.24) is 9.80 Å². The molecule has 2 heterocycles. The molecule has 2 fully saturated rings. The summed E-state index contributed by atoms with van der Waals surface area (Å²) in [6, 6.07) is 0. The fourth-order valence-corrected chi connectivity index (χ4v) is 3.61. The number of ether oxygens (including phenoxy) is 1. The smallest absolute Gasteiger partial charge is 0.0706 e. The molecule has 0 aromatic heterocycles. The molecule has 0 aliphatic carbocycles. The monoisotopic (exact) mass is 310 g/mol. The Morgan fingerprint density at radius 3 is 2.00 bits per heavy atom. The minimum absolute atomic E-state index is 0.313. The van der Waals surface area contributed by atoms with Gasteiger partial charge in [0.05, 0.1) is 12.2 Å². The molecule has 2 saturated heterocycles. The first kappa shape index (κ1) is 18.2. The van der Waals surface area contributed by atoms with Gasteiger partial charge in [-0.05, 0) is 51.9 Å². The van der Waals surface area contributed by atoms with E-state index in [-0.39, 0.29) is 0 Å². The molecule has 0 radical (unpaired) electrons. The third-order valence-corrected chi connectivity index (χ3v) is 5.19. The minimum atomic E-state index is 0.313. The van der Waals surface area contributed by atoms with Crippen LogP contribution in [0.3, 0.4) is 0 Å². The van der Waals surface area contributed by atoms with Crippen LogP contribution in [0.2, 0.25) is 0 Å². The van der Waals surface area contributed by atoms with E-state index in [0.29, 0.717) is 23.2 Å². The van der Waals surface area contributed by atoms with Gasteiger partial charge in [-0.15, -0.1) is 0 Å². The van der Waals surface area contributed by atoms with E-state index in [4.69, 9.17) is 4.74 Å². The van der Waals surface area contributed by atoms with Crippen molar-refractivity contribution in [3.8, 4) is 0 Å². The van der Waals surface area contributed by atoms with Crippen molar-refractivity contribution < 1.29 is 4.74 Å². The van der Waals surface area contributed by atoms with Crippen LogP contribution >= 0.6 is 0 Å². The van der Waals surface area contributed by atoms with Crippen LogP contribution in [0.5, 0.6) is 0 Å². The molecule has 3 heteroatoms. The first-order valence-corrected chi connectivity index (χ1v) is 9.26. The van der Waals surface area contributed by atoms with Gasteiger partial charge in [-0.3, -0.25) is 9.80 Å². The highest BCUT2D eigenvalue weighted by Crippen LogP contribution is 2.29. The summed E-state index contributed by atoms with van der Waals surface area (Å²) in [5.74, 6) is 0. The van der Waals surface area contributed by atoms with Crippen LogP contribution in [0.1, 0.15) is 67.2 Å². The molecule has 2 rings (SSSR count). The Morgan fingerprint density at radius 1 is 0.864 bits per heavy atom. The molecule has 0 bridgehead atoms. The Balaban J connectivity index is 1.67. The van der Waals surface area contributed by atoms with Gasteiger partial charge < -0.3 is 4.74 Å². The average molecular weight is 311 g/mol. The highest BCUT2D eigenvalue weighted by Gasteiger charge is 2.30. The van der Waals surface area contributed by atoms with Crippen molar-refractivity contribution in [3.05, 3.63) is 0 Å². The highest BCUT2D eigenvalue weighted by molar-refractivity contribution is 4.84. The quantitative estimate of drug-likeness (QED) is 0.786. The molecule has 0 spiro atoms. The van der Waals surface area contributed by atoms with E-state index in [2.05, 4.69) is 51.3 Å². The molecular formula is C19H38N2O. The lowest BCUT2D eigenvalue weighted by molar-refractivity contribution is -0.00356. The van der Waals surface area contributed by atoms with Gasteiger partial charge in [-0.1, -0.05) is 20.8 Å². The number of nitrogens with zero attached hydrogens (tertiary/aromatic N) is 2. The molecule has 2 aliphatic heterocycles. The Bertz CT molecular complexity index is 334. The lowest BCUT2D eigenvalue weighted by Crippen LogP contribution is -2.54. The van der Waals surface area contributed by atoms with Crippen molar-refractivity contribution in [1.29, 1.82) is 0 Å². The Kier molecular flexibility index (Phi) is 5.95. The maximum Gasteiger partial charge on any atom is 0.0706 e. The van der Waals surface area contributed by atoms with E-state index in [1.807, 2.05) is 0 Å². The number of hydrogen-bond acceptors (Lipinski definition) is 3. The molecule has 0 aromatic carbocycles. The average Bonchev–Trinajstić information content (AvgIpc) is 2.83. The molecule has 2 aliphatic rings. The number of piperazine rings is 1. The van der Waals surface area contributed by atoms with Gasteiger partial charge in [0.2, 0.25) is 0 Å². The standard InChI is InChI=1S/C19H38N2O/c1-18(2,3)10-9-16-7-8-17(22-16)15-20-11-13-21(14-12-20)19(4,5)6/h16-17H,7-15H2,1-6H3. The zero-order valence-corrected chi connectivity index (χ0v) is 15.8. The maximum atomic E-state index is 6.30. The summed E-state index contributed by atoms with van der Waals surface area (Å²) in [5, 5.41) is 0. The van der Waals surface area contributed by atoms with Crippen LogP contribution in [0.4, 0.5) is 0 Å². The molecule has 0 N–H and O–H groups in total. The van der Waals surface area contributed by atoms with Gasteiger partial charge >= 0.3 is 0 Å². The molecule has 3 nitrogen and oxygen atoms in total. The Morgan fingerprint density at radius 2 is 1.45 bits per heavy atom. The van der Waals surface area contributed by atoms with E-state index in [1.165, 1.54) is 51.9 Å². The zero-order valence-electron chi connectivity index (χ0n) is 15.8. The summed E-state index contributed by atoms with van der Waals surface area (Å²) in [5.41, 5.74) is 0.749. The van der Waals surface area contributed by atoms with Crippen LogP contribution in [-0.4, -0.2) is 60.3 Å². The van der Waals surface area contributed by atoms with E-state index in [9.17, 15) is 0 Å². The highest BCUT2D eigenvalue weighted by atomic mass is 16.5. The fourth-order valence-electron chi connectivity index (χ4n) is 3.61. The van der Waals surface area contributed by atoms with E-state index >= 15 is 0 Å². The predicted molar refractivity (Wildman–Crippen MR) is 94.4 cm³/mol. The second kappa shape index (κ2) is 7.19. The third-order valence-electron chi connectivity index (χ3n) is 5.19. The lowest BCUT2D eigenvalue weighted by atomic mass is 9.89. The van der Waals surface area contributed by atoms with Crippen molar-refractivity contribution in [3.63, 3.8) is 0 Å². The summed E-state index contributed by atoms with van der Waals surface area (Å²) in [4.78, 5) is 5.21. The molecule has 2 atom stereocenters. The SMILES string of the molecule is CC(C)(C)CCC1CCC(CN2CCN(C(C)(C)C)CC2)O1. The van der Waals surface area contributed by atoms with Gasteiger partial charge in [0.1, 0.15) is 0 Å². The van der Waals surface area contributed by atoms with Gasteiger partial charge in [-0.25, -0.2) is 0 Å². The summed E-state index contributed by atoms with van der Waals surface area (Å²) in [6.45, 7) is 19.9. The molecule has 130 valence electrons. The molecule has 2 unspecified atom stereocenters. The van der Waals surface area contributed by atoms with Crippen LogP contribution in [-0.2, 0) is 4.74 Å². The first-order chi connectivity index (χ1) is 10.1. The van der Waals surface area contributed by atoms with Crippen molar-refractivity contribution >= 4 is 0 Å². The molecule has 0 saturated carbocycles. The van der Waals surface area contributed by atoms with Gasteiger partial charge in [0.25, 0.3) is 0 Å². The van der Waals surface area contributed by atoms with Crippen molar-refractivity contribution in [2.45, 2.75) is 85.0 Å². The van der Waals surface area contributed by atoms with Crippen LogP contribution in [0, 0.1) is 5.41 Å². The topological polar surface area (TPSA) is 15.7 Å². The third kappa shape index (κ3) is 5.82. The largest absolute Gasteiger partial charge is 0.374 e. The lowest BCUT2D eigenvalue weighted by Gasteiger charge is -2.42. The summed E-state index contributed by atoms with van der Waals surface area (Å²) >= 11 is 0. The van der Waals surface area contributed by atoms with Crippen LogP contribution < -0.4 is 0 Å². The Hall–Kier alpha value is -0.120. The van der Waals surface area contributed by atoms with E-state index in [0.717, 1.165) is 6.54 Å². The number of hydrogen-bond donors (Lipinski definition) is 0. The second-order valence-electron chi connectivity index (χ2n) is 9.52. The second-order valence-corrected chi connectivity index (χ2v) is 9.52. The normalized spacial score (nSPS) is 29.2. The van der Waals surface area contributed by atoms with Gasteiger partial charge in [0.15, 0.2) is 0 Å². The summed E-state index contributed by atoms with van der Waals surface area (Å²) < 4.78 is 6.30. The summed E-state index contributed by atoms with van der Waals surface area (Å²) in [7, 11) is 0. The van der Waals surface area contributed by atoms with E-state index < -0.39 is 0 Å². The molecule has 0 aromatic rings. The van der Waals surface area contributed by atoms with Gasteiger partial charge in [-0.2, -0.15) is 0 Å². The first-order valence-electron chi connectivity index (χ1n) is 9.26. The van der Waals surface area contributed by atoms with Crippen LogP contribution in [0.25, 0.3) is 0 Å².